The number of alkyl halides is 1. The quantitative estimate of drug-likeness (QED) is 0.587. The van der Waals surface area contributed by atoms with Gasteiger partial charge in [-0.05, 0) is 26.0 Å². The van der Waals surface area contributed by atoms with Crippen molar-refractivity contribution in [1.82, 2.24) is 9.97 Å². The van der Waals surface area contributed by atoms with Crippen molar-refractivity contribution < 1.29 is 4.39 Å². The zero-order valence-electron chi connectivity index (χ0n) is 9.61. The van der Waals surface area contributed by atoms with Crippen LogP contribution in [-0.4, -0.2) is 35.5 Å². The molecule has 0 spiro atoms. The van der Waals surface area contributed by atoms with Crippen LogP contribution < -0.4 is 4.90 Å². The minimum atomic E-state index is -0.721. The largest absolute Gasteiger partial charge is 0.354 e. The van der Waals surface area contributed by atoms with Crippen molar-refractivity contribution in [3.05, 3.63) is 11.8 Å². The Morgan fingerprint density at radius 2 is 2.31 bits per heavy atom. The fourth-order valence-corrected chi connectivity index (χ4v) is 2.33. The van der Waals surface area contributed by atoms with Gasteiger partial charge < -0.3 is 4.90 Å². The van der Waals surface area contributed by atoms with Gasteiger partial charge in [0.15, 0.2) is 5.16 Å². The lowest BCUT2D eigenvalue weighted by Gasteiger charge is -2.30. The van der Waals surface area contributed by atoms with Crippen molar-refractivity contribution in [3.8, 4) is 0 Å². The summed E-state index contributed by atoms with van der Waals surface area (Å²) in [7, 11) is 0. The zero-order chi connectivity index (χ0) is 11.5. The van der Waals surface area contributed by atoms with Crippen molar-refractivity contribution in [2.24, 2.45) is 0 Å². The van der Waals surface area contributed by atoms with Crippen LogP contribution in [0.2, 0.25) is 0 Å². The molecular weight excluding hydrogens is 225 g/mol. The molecule has 1 aliphatic heterocycles. The van der Waals surface area contributed by atoms with E-state index in [0.29, 0.717) is 13.0 Å². The topological polar surface area (TPSA) is 29.0 Å². The zero-order valence-corrected chi connectivity index (χ0v) is 10.4. The Kier molecular flexibility index (Phi) is 3.63. The van der Waals surface area contributed by atoms with Crippen LogP contribution in [0.5, 0.6) is 0 Å². The maximum Gasteiger partial charge on any atom is 0.189 e. The molecule has 88 valence electrons. The van der Waals surface area contributed by atoms with E-state index >= 15 is 0 Å². The number of nitrogens with zero attached hydrogens (tertiary/aromatic N) is 3. The predicted octanol–water partition coefficient (Wildman–Crippen LogP) is 2.45. The maximum atomic E-state index is 13.3. The summed E-state index contributed by atoms with van der Waals surface area (Å²) >= 11 is 1.52. The van der Waals surface area contributed by atoms with Crippen LogP contribution in [0.1, 0.15) is 18.5 Å². The number of piperidine rings is 1. The molecule has 1 aliphatic rings. The summed E-state index contributed by atoms with van der Waals surface area (Å²) < 4.78 is 13.3. The van der Waals surface area contributed by atoms with Gasteiger partial charge in [0.2, 0.25) is 0 Å². The second kappa shape index (κ2) is 4.99. The second-order valence-corrected chi connectivity index (χ2v) is 4.81. The van der Waals surface area contributed by atoms with Crippen LogP contribution in [0.15, 0.2) is 11.2 Å². The molecule has 16 heavy (non-hydrogen) atoms. The summed E-state index contributed by atoms with van der Waals surface area (Å²) in [6, 6.07) is 1.93. The SMILES string of the molecule is CSc1nc(C)cc(N2CCCC(F)C2)n1. The monoisotopic (exact) mass is 241 g/mol. The molecule has 1 atom stereocenters. The van der Waals surface area contributed by atoms with Gasteiger partial charge in [-0.25, -0.2) is 14.4 Å². The Hall–Kier alpha value is -0.840. The minimum Gasteiger partial charge on any atom is -0.354 e. The molecule has 1 aromatic rings. The van der Waals surface area contributed by atoms with E-state index in [1.54, 1.807) is 0 Å². The number of aryl methyl sites for hydroxylation is 1. The van der Waals surface area contributed by atoms with Gasteiger partial charge in [-0.1, -0.05) is 11.8 Å². The van der Waals surface area contributed by atoms with Gasteiger partial charge in [0.1, 0.15) is 12.0 Å². The molecule has 1 unspecified atom stereocenters. The molecule has 1 fully saturated rings. The highest BCUT2D eigenvalue weighted by molar-refractivity contribution is 7.98. The standard InChI is InChI=1S/C11H16FN3S/c1-8-6-10(14-11(13-8)16-2)15-5-3-4-9(12)7-15/h6,9H,3-5,7H2,1-2H3. The third kappa shape index (κ3) is 2.64. The highest BCUT2D eigenvalue weighted by Gasteiger charge is 2.20. The van der Waals surface area contributed by atoms with E-state index in [1.807, 2.05) is 24.1 Å². The van der Waals surface area contributed by atoms with Crippen molar-refractivity contribution in [2.75, 3.05) is 24.2 Å². The average Bonchev–Trinajstić information content (AvgIpc) is 2.28. The summed E-state index contributed by atoms with van der Waals surface area (Å²) in [4.78, 5) is 10.7. The first-order chi connectivity index (χ1) is 7.69. The van der Waals surface area contributed by atoms with Gasteiger partial charge in [0, 0.05) is 18.3 Å². The highest BCUT2D eigenvalue weighted by Crippen LogP contribution is 2.22. The number of aromatic nitrogens is 2. The number of hydrogen-bond donors (Lipinski definition) is 0. The Labute approximate surface area is 99.5 Å². The van der Waals surface area contributed by atoms with Crippen molar-refractivity contribution in [1.29, 1.82) is 0 Å². The van der Waals surface area contributed by atoms with Crippen LogP contribution in [0.3, 0.4) is 0 Å². The maximum absolute atomic E-state index is 13.3. The van der Waals surface area contributed by atoms with Crippen molar-refractivity contribution >= 4 is 17.6 Å². The number of rotatable bonds is 2. The van der Waals surface area contributed by atoms with Gasteiger partial charge in [-0.2, -0.15) is 0 Å². The third-order valence-electron chi connectivity index (χ3n) is 2.69. The predicted molar refractivity (Wildman–Crippen MR) is 64.9 cm³/mol. The summed E-state index contributed by atoms with van der Waals surface area (Å²) in [5, 5.41) is 0.760. The van der Waals surface area contributed by atoms with Crippen LogP contribution >= 0.6 is 11.8 Å². The first-order valence-corrected chi connectivity index (χ1v) is 6.70. The fourth-order valence-electron chi connectivity index (χ4n) is 1.91. The van der Waals surface area contributed by atoms with Crippen molar-refractivity contribution in [3.63, 3.8) is 0 Å². The molecule has 1 saturated heterocycles. The van der Waals surface area contributed by atoms with E-state index < -0.39 is 6.17 Å². The van der Waals surface area contributed by atoms with E-state index in [1.165, 1.54) is 11.8 Å². The van der Waals surface area contributed by atoms with Crippen LogP contribution in [0, 0.1) is 6.92 Å². The number of halogens is 1. The van der Waals surface area contributed by atoms with Gasteiger partial charge in [0.25, 0.3) is 0 Å². The van der Waals surface area contributed by atoms with Crippen LogP contribution in [-0.2, 0) is 0 Å². The van der Waals surface area contributed by atoms with E-state index in [4.69, 9.17) is 0 Å². The summed E-state index contributed by atoms with van der Waals surface area (Å²) in [5.41, 5.74) is 0.940. The van der Waals surface area contributed by atoms with Crippen LogP contribution in [0.4, 0.5) is 10.2 Å². The molecule has 3 nitrogen and oxygen atoms in total. The Balaban J connectivity index is 2.21. The molecule has 0 radical (unpaired) electrons. The molecule has 1 aromatic heterocycles. The molecule has 0 amide bonds. The Morgan fingerprint density at radius 1 is 1.50 bits per heavy atom. The highest BCUT2D eigenvalue weighted by atomic mass is 32.2. The van der Waals surface area contributed by atoms with Gasteiger partial charge >= 0.3 is 0 Å². The molecule has 0 saturated carbocycles. The molecule has 0 aliphatic carbocycles. The number of anilines is 1. The molecule has 2 heterocycles. The lowest BCUT2D eigenvalue weighted by atomic mass is 10.1. The summed E-state index contributed by atoms with van der Waals surface area (Å²) in [6.07, 6.45) is 2.81. The van der Waals surface area contributed by atoms with Gasteiger partial charge in [-0.15, -0.1) is 0 Å². The first-order valence-electron chi connectivity index (χ1n) is 5.47. The molecule has 2 rings (SSSR count). The minimum absolute atomic E-state index is 0.463. The van der Waals surface area contributed by atoms with E-state index in [-0.39, 0.29) is 0 Å². The summed E-state index contributed by atoms with van der Waals surface area (Å²) in [5.74, 6) is 0.860. The Morgan fingerprint density at radius 3 is 3.00 bits per heavy atom. The Bertz CT molecular complexity index is 372. The van der Waals surface area contributed by atoms with Crippen LogP contribution in [0.25, 0.3) is 0 Å². The lowest BCUT2D eigenvalue weighted by molar-refractivity contribution is 0.286. The number of hydrogen-bond acceptors (Lipinski definition) is 4. The second-order valence-electron chi connectivity index (χ2n) is 4.04. The van der Waals surface area contributed by atoms with Gasteiger partial charge in [0.05, 0.1) is 6.54 Å². The molecule has 0 aromatic carbocycles. The lowest BCUT2D eigenvalue weighted by Crippen LogP contribution is -2.37. The van der Waals surface area contributed by atoms with Gasteiger partial charge in [-0.3, -0.25) is 0 Å². The van der Waals surface area contributed by atoms with E-state index in [2.05, 4.69) is 9.97 Å². The first kappa shape index (κ1) is 11.6. The fraction of sp³-hybridized carbons (Fsp3) is 0.636. The average molecular weight is 241 g/mol. The van der Waals surface area contributed by atoms with E-state index in [0.717, 1.165) is 29.6 Å². The third-order valence-corrected chi connectivity index (χ3v) is 3.24. The molecule has 0 N–H and O–H groups in total. The van der Waals surface area contributed by atoms with E-state index in [9.17, 15) is 4.39 Å². The summed E-state index contributed by atoms with van der Waals surface area (Å²) in [6.45, 7) is 3.30. The molecule has 0 bridgehead atoms. The number of thioether (sulfide) groups is 1. The normalized spacial score (nSPS) is 21.2. The molecular formula is C11H16FN3S. The smallest absolute Gasteiger partial charge is 0.189 e. The molecule has 5 heteroatoms. The van der Waals surface area contributed by atoms with Crippen molar-refractivity contribution in [2.45, 2.75) is 31.1 Å².